The minimum Gasteiger partial charge on any atom is -0.325 e. The van der Waals surface area contributed by atoms with Crippen LogP contribution >= 0.6 is 34.4 Å². The van der Waals surface area contributed by atoms with E-state index in [9.17, 15) is 40.8 Å². The Morgan fingerprint density at radius 3 is 2.36 bits per heavy atom. The first-order valence-electron chi connectivity index (χ1n) is 12.7. The summed E-state index contributed by atoms with van der Waals surface area (Å²) in [6, 6.07) is 12.6. The summed E-state index contributed by atoms with van der Waals surface area (Å²) >= 11 is 3.07. The number of hydrogen-bond donors (Lipinski definition) is 2. The van der Waals surface area contributed by atoms with E-state index < -0.39 is 68.0 Å². The molecule has 0 unspecified atom stereocenters. The van der Waals surface area contributed by atoms with Crippen LogP contribution in [0.15, 0.2) is 80.8 Å². The Kier molecular flexibility index (Phi) is 7.56. The summed E-state index contributed by atoms with van der Waals surface area (Å²) in [5.41, 5.74) is -0.966. The molecule has 0 bridgehead atoms. The molecule has 4 aromatic rings. The van der Waals surface area contributed by atoms with Crippen molar-refractivity contribution < 1.29 is 36.0 Å². The monoisotopic (exact) mass is 680 g/mol. The standard InChI is InChI=1S/C27H19F3N4O6S4/c28-27(29,30)13-3-1-4-15(11-13)34-23(36)20-19(17-5-2-10-41-17)22-25(42-21(20)24(34)37)33(26(38)43-22)12-18(35)32-14-6-8-16(9-7-14)44(31,39)40/h1-11,19-21H,12H2,(H,32,35)(H2,31,39,40)/t19-,20+,21-/m0/s1. The number of alkyl halides is 3. The van der Waals surface area contributed by atoms with E-state index in [1.54, 1.807) is 17.5 Å². The largest absolute Gasteiger partial charge is 0.416 e. The van der Waals surface area contributed by atoms with E-state index >= 15 is 0 Å². The number of nitrogens with zero attached hydrogens (tertiary/aromatic N) is 2. The van der Waals surface area contributed by atoms with E-state index in [2.05, 4.69) is 5.32 Å². The van der Waals surface area contributed by atoms with Gasteiger partial charge in [0.25, 0.3) is 0 Å². The molecule has 3 amide bonds. The number of halogens is 3. The number of hydrogen-bond acceptors (Lipinski definition) is 9. The highest BCUT2D eigenvalue weighted by molar-refractivity contribution is 8.00. The minimum atomic E-state index is -4.69. The smallest absolute Gasteiger partial charge is 0.325 e. The number of rotatable bonds is 6. The van der Waals surface area contributed by atoms with Crippen LogP contribution < -0.4 is 20.2 Å². The lowest BCUT2D eigenvalue weighted by Gasteiger charge is -2.29. The van der Waals surface area contributed by atoms with E-state index in [1.165, 1.54) is 46.2 Å². The van der Waals surface area contributed by atoms with Crippen LogP contribution in [-0.2, 0) is 37.1 Å². The van der Waals surface area contributed by atoms with Crippen LogP contribution in [0.4, 0.5) is 24.5 Å². The molecule has 1 fully saturated rings. The first kappa shape index (κ1) is 30.3. The Morgan fingerprint density at radius 2 is 1.73 bits per heavy atom. The van der Waals surface area contributed by atoms with Crippen molar-refractivity contribution in [2.24, 2.45) is 11.1 Å². The van der Waals surface area contributed by atoms with Gasteiger partial charge in [0.05, 0.1) is 27.1 Å². The molecular weight excluding hydrogens is 662 g/mol. The molecule has 44 heavy (non-hydrogen) atoms. The second kappa shape index (κ2) is 11.0. The minimum absolute atomic E-state index is 0.154. The zero-order valence-electron chi connectivity index (χ0n) is 22.0. The Balaban J connectivity index is 1.34. The van der Waals surface area contributed by atoms with Crippen molar-refractivity contribution in [1.29, 1.82) is 0 Å². The third kappa shape index (κ3) is 5.38. The number of carbonyl (C=O) groups excluding carboxylic acids is 3. The van der Waals surface area contributed by atoms with Gasteiger partial charge in [-0.2, -0.15) is 13.2 Å². The van der Waals surface area contributed by atoms with Gasteiger partial charge in [0.15, 0.2) is 0 Å². The Labute approximate surface area is 259 Å². The molecule has 0 aliphatic carbocycles. The number of thiophene rings is 1. The van der Waals surface area contributed by atoms with E-state index in [0.29, 0.717) is 14.8 Å². The van der Waals surface area contributed by atoms with Crippen molar-refractivity contribution in [2.45, 2.75) is 33.8 Å². The number of thiazole rings is 1. The lowest BCUT2D eigenvalue weighted by Crippen LogP contribution is -2.32. The highest BCUT2D eigenvalue weighted by Crippen LogP contribution is 2.54. The molecule has 6 rings (SSSR count). The molecule has 2 aliphatic heterocycles. The lowest BCUT2D eigenvalue weighted by molar-refractivity contribution is -0.137. The average molecular weight is 681 g/mol. The molecule has 0 radical (unpaired) electrons. The fraction of sp³-hybridized carbons (Fsp3) is 0.185. The van der Waals surface area contributed by atoms with Crippen LogP contribution in [0.2, 0.25) is 0 Å². The number of benzene rings is 2. The number of sulfonamides is 1. The molecule has 0 spiro atoms. The van der Waals surface area contributed by atoms with E-state index in [-0.39, 0.29) is 16.3 Å². The first-order valence-corrected chi connectivity index (χ1v) is 16.8. The third-order valence-corrected chi connectivity index (χ3v) is 11.6. The number of amides is 3. The molecule has 2 aromatic carbocycles. The molecule has 228 valence electrons. The van der Waals surface area contributed by atoms with Gasteiger partial charge in [0, 0.05) is 21.4 Å². The third-order valence-electron chi connectivity index (χ3n) is 7.10. The van der Waals surface area contributed by atoms with Gasteiger partial charge in [0.2, 0.25) is 27.7 Å². The number of primary sulfonamides is 1. The maximum absolute atomic E-state index is 13.8. The number of nitrogens with one attached hydrogen (secondary N) is 1. The molecule has 2 aliphatic rings. The highest BCUT2D eigenvalue weighted by atomic mass is 32.2. The number of thioether (sulfide) groups is 1. The molecular formula is C27H19F3N4O6S4. The average Bonchev–Trinajstić information content (AvgIpc) is 3.65. The predicted molar refractivity (Wildman–Crippen MR) is 158 cm³/mol. The van der Waals surface area contributed by atoms with E-state index in [1.807, 2.05) is 0 Å². The zero-order chi connectivity index (χ0) is 31.6. The summed E-state index contributed by atoms with van der Waals surface area (Å²) < 4.78 is 64.5. The molecule has 0 saturated carbocycles. The number of nitrogens with two attached hydrogens (primary N) is 1. The summed E-state index contributed by atoms with van der Waals surface area (Å²) in [5, 5.41) is 8.70. The number of carbonyl (C=O) groups is 3. The summed E-state index contributed by atoms with van der Waals surface area (Å²) in [5.74, 6) is -3.75. The van der Waals surface area contributed by atoms with Gasteiger partial charge in [0.1, 0.15) is 11.8 Å². The quantitative estimate of drug-likeness (QED) is 0.292. The summed E-state index contributed by atoms with van der Waals surface area (Å²) in [6.45, 7) is -0.456. The number of imide groups is 1. The summed E-state index contributed by atoms with van der Waals surface area (Å²) in [6.07, 6.45) is -4.69. The molecule has 17 heteroatoms. The van der Waals surface area contributed by atoms with Crippen molar-refractivity contribution in [3.05, 3.63) is 91.0 Å². The Morgan fingerprint density at radius 1 is 1.00 bits per heavy atom. The highest BCUT2D eigenvalue weighted by Gasteiger charge is 2.57. The number of aromatic nitrogens is 1. The van der Waals surface area contributed by atoms with Crippen molar-refractivity contribution in [3.63, 3.8) is 0 Å². The second-order valence-corrected chi connectivity index (χ2v) is 14.5. The van der Waals surface area contributed by atoms with Gasteiger partial charge in [-0.15, -0.1) is 11.3 Å². The van der Waals surface area contributed by atoms with Crippen LogP contribution in [0.5, 0.6) is 0 Å². The van der Waals surface area contributed by atoms with Crippen LogP contribution in [-0.4, -0.2) is 36.0 Å². The second-order valence-electron chi connectivity index (χ2n) is 9.86. The van der Waals surface area contributed by atoms with Gasteiger partial charge in [-0.3, -0.25) is 23.7 Å². The first-order chi connectivity index (χ1) is 20.7. The SMILES string of the molecule is NS(=O)(=O)c1ccc(NC(=O)Cn2c3c(sc2=O)[C@@H](c2cccs2)[C@H]2C(=O)N(c4cccc(C(F)(F)F)c4)C(=O)[C@H]2S3)cc1. The van der Waals surface area contributed by atoms with Gasteiger partial charge in [-0.25, -0.2) is 18.5 Å². The number of anilines is 2. The molecule has 1 saturated heterocycles. The van der Waals surface area contributed by atoms with Crippen LogP contribution in [0, 0.1) is 5.92 Å². The van der Waals surface area contributed by atoms with Gasteiger partial charge in [-0.1, -0.05) is 35.2 Å². The maximum atomic E-state index is 13.8. The maximum Gasteiger partial charge on any atom is 0.416 e. The number of fused-ring (bicyclic) bond motifs is 2. The fourth-order valence-corrected chi connectivity index (χ4v) is 9.41. The Hall–Kier alpha value is -3.77. The Bertz CT molecular complexity index is 1970. The normalized spacial score (nSPS) is 20.0. The van der Waals surface area contributed by atoms with Crippen LogP contribution in [0.25, 0.3) is 0 Å². The molecule has 10 nitrogen and oxygen atoms in total. The molecule has 4 heterocycles. The van der Waals surface area contributed by atoms with Gasteiger partial charge in [-0.05, 0) is 53.9 Å². The van der Waals surface area contributed by atoms with Crippen LogP contribution in [0.1, 0.15) is 21.2 Å². The van der Waals surface area contributed by atoms with Crippen molar-refractivity contribution in [3.8, 4) is 0 Å². The fourth-order valence-electron chi connectivity index (χ4n) is 5.18. The molecule has 2 aromatic heterocycles. The topological polar surface area (TPSA) is 149 Å². The molecule has 3 atom stereocenters. The van der Waals surface area contributed by atoms with Crippen molar-refractivity contribution in [1.82, 2.24) is 4.57 Å². The van der Waals surface area contributed by atoms with E-state index in [0.717, 1.165) is 46.2 Å². The van der Waals surface area contributed by atoms with Gasteiger partial charge < -0.3 is 5.32 Å². The van der Waals surface area contributed by atoms with Crippen molar-refractivity contribution >= 4 is 73.6 Å². The van der Waals surface area contributed by atoms with Gasteiger partial charge >= 0.3 is 11.0 Å². The van der Waals surface area contributed by atoms with E-state index in [4.69, 9.17) is 5.14 Å². The molecule has 3 N–H and O–H groups in total. The summed E-state index contributed by atoms with van der Waals surface area (Å²) in [4.78, 5) is 54.9. The van der Waals surface area contributed by atoms with Crippen molar-refractivity contribution in [2.75, 3.05) is 10.2 Å². The van der Waals surface area contributed by atoms with Crippen LogP contribution in [0.3, 0.4) is 0 Å². The zero-order valence-corrected chi connectivity index (χ0v) is 25.2. The lowest BCUT2D eigenvalue weighted by atomic mass is 9.87. The predicted octanol–water partition coefficient (Wildman–Crippen LogP) is 4.07. The summed E-state index contributed by atoms with van der Waals surface area (Å²) in [7, 11) is -3.94.